The molecular formula is C24H27N3O. The van der Waals surface area contributed by atoms with E-state index in [1.165, 1.54) is 22.0 Å². The van der Waals surface area contributed by atoms with Crippen LogP contribution >= 0.6 is 0 Å². The molecule has 2 heterocycles. The molecule has 0 saturated heterocycles. The van der Waals surface area contributed by atoms with Gasteiger partial charge in [0.25, 0.3) is 0 Å². The molecule has 0 saturated carbocycles. The predicted octanol–water partition coefficient (Wildman–Crippen LogP) is 5.24. The van der Waals surface area contributed by atoms with Crippen LogP contribution in [-0.4, -0.2) is 23.6 Å². The Balaban J connectivity index is 2.03. The molecule has 0 aliphatic heterocycles. The number of nitrogens with zero attached hydrogens (tertiary/aromatic N) is 1. The topological polar surface area (TPSA) is 63.9 Å². The lowest BCUT2D eigenvalue weighted by atomic mass is 9.96. The van der Waals surface area contributed by atoms with Crippen molar-refractivity contribution in [3.8, 4) is 17.0 Å². The van der Waals surface area contributed by atoms with E-state index in [9.17, 15) is 0 Å². The van der Waals surface area contributed by atoms with Gasteiger partial charge in [0.15, 0.2) is 0 Å². The number of aryl methyl sites for hydroxylation is 2. The van der Waals surface area contributed by atoms with Gasteiger partial charge in [0.05, 0.1) is 18.3 Å². The highest BCUT2D eigenvalue weighted by Crippen LogP contribution is 2.41. The van der Waals surface area contributed by atoms with E-state index < -0.39 is 0 Å². The number of nitrogens with one attached hydrogen (secondary N) is 1. The molecule has 0 fully saturated rings. The molecular weight excluding hydrogens is 346 g/mol. The van der Waals surface area contributed by atoms with Gasteiger partial charge in [-0.3, -0.25) is 4.98 Å². The molecule has 4 aromatic rings. The third kappa shape index (κ3) is 3.14. The van der Waals surface area contributed by atoms with Crippen molar-refractivity contribution in [3.63, 3.8) is 0 Å². The standard InChI is InChI=1S/C24H27N3O/c1-3-16-8-6-10-17-18(9-4-5-14-25)24(27-23(16)17)22-19-11-7-15-26-20(19)12-13-21(22)28-2/h6-8,10-13,15,27H,3-5,9,14,25H2,1-2H3. The number of ether oxygens (including phenoxy) is 1. The lowest BCUT2D eigenvalue weighted by Crippen LogP contribution is -2.00. The summed E-state index contributed by atoms with van der Waals surface area (Å²) in [7, 11) is 1.73. The van der Waals surface area contributed by atoms with Crippen LogP contribution in [0.5, 0.6) is 5.75 Å². The van der Waals surface area contributed by atoms with E-state index in [-0.39, 0.29) is 0 Å². The molecule has 0 radical (unpaired) electrons. The summed E-state index contributed by atoms with van der Waals surface area (Å²) >= 11 is 0. The molecule has 0 aliphatic rings. The number of aromatic nitrogens is 2. The minimum absolute atomic E-state index is 0.722. The molecule has 4 heteroatoms. The van der Waals surface area contributed by atoms with Crippen molar-refractivity contribution in [2.24, 2.45) is 5.73 Å². The number of benzene rings is 2. The number of methoxy groups -OCH3 is 1. The fourth-order valence-corrected chi connectivity index (χ4v) is 4.11. The maximum Gasteiger partial charge on any atom is 0.128 e. The van der Waals surface area contributed by atoms with Gasteiger partial charge in [-0.25, -0.2) is 0 Å². The minimum Gasteiger partial charge on any atom is -0.496 e. The summed E-state index contributed by atoms with van der Waals surface area (Å²) < 4.78 is 5.77. The van der Waals surface area contributed by atoms with E-state index in [1.54, 1.807) is 7.11 Å². The highest BCUT2D eigenvalue weighted by molar-refractivity contribution is 6.02. The number of H-pyrrole nitrogens is 1. The fourth-order valence-electron chi connectivity index (χ4n) is 4.11. The van der Waals surface area contributed by atoms with Gasteiger partial charge in [-0.05, 0) is 61.6 Å². The van der Waals surface area contributed by atoms with Gasteiger partial charge in [-0.2, -0.15) is 0 Å². The van der Waals surface area contributed by atoms with Crippen LogP contribution in [0, 0.1) is 0 Å². The number of pyridine rings is 1. The summed E-state index contributed by atoms with van der Waals surface area (Å²) in [5.74, 6) is 0.866. The number of hydrogen-bond acceptors (Lipinski definition) is 3. The smallest absolute Gasteiger partial charge is 0.128 e. The lowest BCUT2D eigenvalue weighted by molar-refractivity contribution is 0.417. The van der Waals surface area contributed by atoms with E-state index >= 15 is 0 Å². The number of aromatic amines is 1. The van der Waals surface area contributed by atoms with Crippen molar-refractivity contribution in [2.75, 3.05) is 13.7 Å². The van der Waals surface area contributed by atoms with Crippen LogP contribution in [-0.2, 0) is 12.8 Å². The highest BCUT2D eigenvalue weighted by atomic mass is 16.5. The third-order valence-corrected chi connectivity index (χ3v) is 5.51. The van der Waals surface area contributed by atoms with Crippen molar-refractivity contribution in [1.29, 1.82) is 0 Å². The third-order valence-electron chi connectivity index (χ3n) is 5.51. The monoisotopic (exact) mass is 373 g/mol. The lowest BCUT2D eigenvalue weighted by Gasteiger charge is -2.13. The Labute approximate surface area is 165 Å². The summed E-state index contributed by atoms with van der Waals surface area (Å²) in [4.78, 5) is 8.30. The van der Waals surface area contributed by atoms with Gasteiger partial charge in [-0.1, -0.05) is 31.2 Å². The number of rotatable bonds is 7. The molecule has 4 rings (SSSR count). The van der Waals surface area contributed by atoms with Gasteiger partial charge >= 0.3 is 0 Å². The molecule has 3 N–H and O–H groups in total. The summed E-state index contributed by atoms with van der Waals surface area (Å²) in [5.41, 5.74) is 12.9. The molecule has 144 valence electrons. The zero-order valence-corrected chi connectivity index (χ0v) is 16.6. The first-order valence-electron chi connectivity index (χ1n) is 10.0. The van der Waals surface area contributed by atoms with E-state index in [1.807, 2.05) is 24.4 Å². The maximum absolute atomic E-state index is 5.77. The van der Waals surface area contributed by atoms with E-state index in [0.717, 1.165) is 60.1 Å². The number of para-hydroxylation sites is 1. The summed E-state index contributed by atoms with van der Waals surface area (Å²) in [6.07, 6.45) is 5.90. The second-order valence-electron chi connectivity index (χ2n) is 7.13. The number of fused-ring (bicyclic) bond motifs is 2. The first kappa shape index (κ1) is 18.5. The molecule has 0 unspecified atom stereocenters. The van der Waals surface area contributed by atoms with Crippen molar-refractivity contribution in [2.45, 2.75) is 32.6 Å². The SMILES string of the molecule is CCc1cccc2c(CCCCN)c(-c3c(OC)ccc4ncccc34)[nH]c12. The Morgan fingerprint density at radius 3 is 2.68 bits per heavy atom. The van der Waals surface area contributed by atoms with Crippen LogP contribution < -0.4 is 10.5 Å². The second kappa shape index (κ2) is 8.03. The van der Waals surface area contributed by atoms with Crippen LogP contribution in [0.2, 0.25) is 0 Å². The van der Waals surface area contributed by atoms with Crippen LogP contribution in [0.3, 0.4) is 0 Å². The highest BCUT2D eigenvalue weighted by Gasteiger charge is 2.20. The van der Waals surface area contributed by atoms with Crippen molar-refractivity contribution in [3.05, 3.63) is 59.8 Å². The van der Waals surface area contributed by atoms with Gasteiger partial charge in [-0.15, -0.1) is 0 Å². The van der Waals surface area contributed by atoms with Crippen LogP contribution in [0.25, 0.3) is 33.1 Å². The summed E-state index contributed by atoms with van der Waals surface area (Å²) in [6, 6.07) is 14.7. The Bertz CT molecular complexity index is 1110. The average molecular weight is 374 g/mol. The molecule has 28 heavy (non-hydrogen) atoms. The van der Waals surface area contributed by atoms with Gasteiger partial charge in [0, 0.05) is 28.0 Å². The Morgan fingerprint density at radius 2 is 1.89 bits per heavy atom. The average Bonchev–Trinajstić information content (AvgIpc) is 3.11. The van der Waals surface area contributed by atoms with Crippen LogP contribution in [0.4, 0.5) is 0 Å². The molecule has 0 aliphatic carbocycles. The summed E-state index contributed by atoms with van der Waals surface area (Å²) in [5, 5.41) is 2.40. The van der Waals surface area contributed by atoms with E-state index in [0.29, 0.717) is 0 Å². The zero-order valence-electron chi connectivity index (χ0n) is 16.6. The van der Waals surface area contributed by atoms with Crippen LogP contribution in [0.15, 0.2) is 48.7 Å². The van der Waals surface area contributed by atoms with Crippen molar-refractivity contribution >= 4 is 21.8 Å². The Hall–Kier alpha value is -2.85. The number of nitrogens with two attached hydrogens (primary N) is 1. The van der Waals surface area contributed by atoms with Gasteiger partial charge in [0.1, 0.15) is 5.75 Å². The van der Waals surface area contributed by atoms with Crippen molar-refractivity contribution < 1.29 is 4.74 Å². The van der Waals surface area contributed by atoms with Crippen molar-refractivity contribution in [1.82, 2.24) is 9.97 Å². The first-order valence-corrected chi connectivity index (χ1v) is 10.0. The fraction of sp³-hybridized carbons (Fsp3) is 0.292. The van der Waals surface area contributed by atoms with Crippen LogP contribution in [0.1, 0.15) is 30.9 Å². The molecule has 0 atom stereocenters. The molecule has 2 aromatic carbocycles. The number of unbranched alkanes of at least 4 members (excludes halogenated alkanes) is 1. The maximum atomic E-state index is 5.77. The van der Waals surface area contributed by atoms with Gasteiger partial charge < -0.3 is 15.5 Å². The second-order valence-corrected chi connectivity index (χ2v) is 7.13. The normalized spacial score (nSPS) is 11.4. The number of hydrogen-bond donors (Lipinski definition) is 2. The largest absolute Gasteiger partial charge is 0.496 e. The zero-order chi connectivity index (χ0) is 19.5. The Morgan fingerprint density at radius 1 is 1.04 bits per heavy atom. The molecule has 0 spiro atoms. The minimum atomic E-state index is 0.722. The first-order chi connectivity index (χ1) is 13.8. The van der Waals surface area contributed by atoms with E-state index in [4.69, 9.17) is 10.5 Å². The molecule has 0 amide bonds. The predicted molar refractivity (Wildman–Crippen MR) is 117 cm³/mol. The Kier molecular flexibility index (Phi) is 5.31. The summed E-state index contributed by atoms with van der Waals surface area (Å²) in [6.45, 7) is 2.92. The van der Waals surface area contributed by atoms with E-state index in [2.05, 4.69) is 41.2 Å². The van der Waals surface area contributed by atoms with Gasteiger partial charge in [0.2, 0.25) is 0 Å². The molecule has 2 aromatic heterocycles. The molecule has 4 nitrogen and oxygen atoms in total. The molecule has 0 bridgehead atoms. The quantitative estimate of drug-likeness (QED) is 0.436.